The lowest BCUT2D eigenvalue weighted by molar-refractivity contribution is -0.140. The third-order valence-electron chi connectivity index (χ3n) is 6.66. The molecule has 0 bridgehead atoms. The number of aryl methyl sites for hydroxylation is 1. The van der Waals surface area contributed by atoms with Crippen LogP contribution < -0.4 is 5.32 Å². The van der Waals surface area contributed by atoms with Gasteiger partial charge in [0, 0.05) is 12.6 Å². The summed E-state index contributed by atoms with van der Waals surface area (Å²) in [5, 5.41) is 3.02. The number of hydrogen-bond acceptors (Lipinski definition) is 5. The molecule has 0 spiro atoms. The molecule has 1 N–H and O–H groups in total. The molecule has 0 aromatic heterocycles. The summed E-state index contributed by atoms with van der Waals surface area (Å²) in [6, 6.07) is 12.7. The van der Waals surface area contributed by atoms with Crippen LogP contribution in [0.15, 0.2) is 53.4 Å². The van der Waals surface area contributed by atoms with Crippen molar-refractivity contribution in [2.45, 2.75) is 63.1 Å². The Kier molecular flexibility index (Phi) is 6.74. The number of benzene rings is 2. The van der Waals surface area contributed by atoms with Gasteiger partial charge < -0.3 is 10.2 Å². The highest BCUT2D eigenvalue weighted by atomic mass is 32.2. The van der Waals surface area contributed by atoms with Crippen LogP contribution in [0.25, 0.3) is 0 Å². The van der Waals surface area contributed by atoms with Crippen LogP contribution in [0.4, 0.5) is 0 Å². The van der Waals surface area contributed by atoms with Crippen molar-refractivity contribution in [3.05, 3.63) is 65.2 Å². The number of sulfonamides is 1. The van der Waals surface area contributed by atoms with Crippen molar-refractivity contribution in [1.82, 2.24) is 14.5 Å². The average molecular weight is 484 g/mol. The lowest BCUT2D eigenvalue weighted by Crippen LogP contribution is -2.52. The topological polar surface area (TPSA) is 104 Å². The molecule has 9 heteroatoms. The minimum absolute atomic E-state index is 0.0489. The van der Waals surface area contributed by atoms with Crippen LogP contribution in [0.1, 0.15) is 54.1 Å². The van der Waals surface area contributed by atoms with Gasteiger partial charge in [-0.3, -0.25) is 14.4 Å². The van der Waals surface area contributed by atoms with Gasteiger partial charge in [0.15, 0.2) is 0 Å². The standard InChI is InChI=1S/C25H29N3O5S/c1-17-9-3-4-10-19(17)15-27(18(2)24(30)26-20-11-5-6-12-20)23(29)16-28-25(31)21-13-7-8-14-22(21)34(28,32)33/h3-4,7-10,13-14,18,20H,5-6,11-12,15-16H2,1-2H3,(H,26,30)/t18-/m1/s1. The second-order valence-corrected chi connectivity index (χ2v) is 10.8. The van der Waals surface area contributed by atoms with Crippen molar-refractivity contribution in [2.24, 2.45) is 0 Å². The lowest BCUT2D eigenvalue weighted by atomic mass is 10.1. The van der Waals surface area contributed by atoms with Crippen LogP contribution in [0.5, 0.6) is 0 Å². The summed E-state index contributed by atoms with van der Waals surface area (Å²) in [5.74, 6) is -1.63. The molecule has 3 amide bonds. The van der Waals surface area contributed by atoms with Crippen LogP contribution in [0.3, 0.4) is 0 Å². The van der Waals surface area contributed by atoms with Gasteiger partial charge in [0.1, 0.15) is 17.5 Å². The van der Waals surface area contributed by atoms with Crippen molar-refractivity contribution in [3.63, 3.8) is 0 Å². The van der Waals surface area contributed by atoms with E-state index in [2.05, 4.69) is 5.32 Å². The molecule has 1 aliphatic heterocycles. The molecule has 8 nitrogen and oxygen atoms in total. The summed E-state index contributed by atoms with van der Waals surface area (Å²) in [7, 11) is -4.13. The molecule has 0 saturated heterocycles. The maximum absolute atomic E-state index is 13.5. The summed E-state index contributed by atoms with van der Waals surface area (Å²) in [4.78, 5) is 40.6. The van der Waals surface area contributed by atoms with Gasteiger partial charge in [-0.2, -0.15) is 0 Å². The van der Waals surface area contributed by atoms with Gasteiger partial charge in [0.2, 0.25) is 11.8 Å². The number of carbonyl (C=O) groups excluding carboxylic acids is 3. The Morgan fingerprint density at radius 3 is 2.41 bits per heavy atom. The van der Waals surface area contributed by atoms with E-state index in [1.807, 2.05) is 31.2 Å². The number of nitrogens with zero attached hydrogens (tertiary/aromatic N) is 2. The zero-order valence-electron chi connectivity index (χ0n) is 19.4. The van der Waals surface area contributed by atoms with Crippen molar-refractivity contribution in [2.75, 3.05) is 6.54 Å². The van der Waals surface area contributed by atoms with Crippen molar-refractivity contribution in [3.8, 4) is 0 Å². The number of nitrogens with one attached hydrogen (secondary N) is 1. The van der Waals surface area contributed by atoms with Crippen LogP contribution in [0.2, 0.25) is 0 Å². The van der Waals surface area contributed by atoms with Gasteiger partial charge >= 0.3 is 0 Å². The summed E-state index contributed by atoms with van der Waals surface area (Å²) < 4.78 is 26.5. The van der Waals surface area contributed by atoms with Crippen LogP contribution in [0, 0.1) is 6.92 Å². The zero-order valence-corrected chi connectivity index (χ0v) is 20.2. The van der Waals surface area contributed by atoms with Crippen LogP contribution in [-0.4, -0.2) is 54.0 Å². The molecule has 2 aromatic carbocycles. The number of hydrogen-bond donors (Lipinski definition) is 1. The van der Waals surface area contributed by atoms with E-state index >= 15 is 0 Å². The van der Waals surface area contributed by atoms with Gasteiger partial charge in [-0.1, -0.05) is 49.2 Å². The zero-order chi connectivity index (χ0) is 24.5. The molecule has 1 aliphatic carbocycles. The normalized spacial score (nSPS) is 17.9. The Labute approximate surface area is 200 Å². The lowest BCUT2D eigenvalue weighted by Gasteiger charge is -2.31. The number of fused-ring (bicyclic) bond motifs is 1. The van der Waals surface area contributed by atoms with E-state index in [1.54, 1.807) is 13.0 Å². The second-order valence-electron chi connectivity index (χ2n) is 8.93. The van der Waals surface area contributed by atoms with Crippen molar-refractivity contribution < 1.29 is 22.8 Å². The van der Waals surface area contributed by atoms with Crippen molar-refractivity contribution >= 4 is 27.7 Å². The van der Waals surface area contributed by atoms with Crippen LogP contribution in [-0.2, 0) is 26.2 Å². The van der Waals surface area contributed by atoms with E-state index in [0.29, 0.717) is 4.31 Å². The van der Waals surface area contributed by atoms with E-state index in [-0.39, 0.29) is 29.0 Å². The Bertz CT molecular complexity index is 1220. The average Bonchev–Trinajstić information content (AvgIpc) is 3.39. The summed E-state index contributed by atoms with van der Waals surface area (Å²) in [6.45, 7) is 3.00. The first-order valence-corrected chi connectivity index (χ1v) is 12.9. The third-order valence-corrected chi connectivity index (χ3v) is 8.45. The monoisotopic (exact) mass is 483 g/mol. The molecule has 1 atom stereocenters. The molecule has 2 aliphatic rings. The molecule has 34 heavy (non-hydrogen) atoms. The fourth-order valence-corrected chi connectivity index (χ4v) is 6.06. The maximum Gasteiger partial charge on any atom is 0.269 e. The molecule has 2 aromatic rings. The largest absolute Gasteiger partial charge is 0.352 e. The smallest absolute Gasteiger partial charge is 0.269 e. The quantitative estimate of drug-likeness (QED) is 0.652. The summed E-state index contributed by atoms with van der Waals surface area (Å²) in [5.41, 5.74) is 1.84. The highest BCUT2D eigenvalue weighted by Crippen LogP contribution is 2.30. The fourth-order valence-electron chi connectivity index (χ4n) is 4.55. The predicted octanol–water partition coefficient (Wildman–Crippen LogP) is 2.62. The van der Waals surface area contributed by atoms with Crippen molar-refractivity contribution in [1.29, 1.82) is 0 Å². The molecular formula is C25H29N3O5S. The van der Waals surface area contributed by atoms with Crippen LogP contribution >= 0.6 is 0 Å². The fraction of sp³-hybridized carbons (Fsp3) is 0.400. The molecule has 0 unspecified atom stereocenters. The molecule has 1 saturated carbocycles. The van der Waals surface area contributed by atoms with Gasteiger partial charge in [0.25, 0.3) is 15.9 Å². The number of amides is 3. The predicted molar refractivity (Wildman–Crippen MR) is 126 cm³/mol. The molecule has 1 fully saturated rings. The molecule has 0 radical (unpaired) electrons. The first-order chi connectivity index (χ1) is 16.2. The summed E-state index contributed by atoms with van der Waals surface area (Å²) in [6.07, 6.45) is 3.92. The molecular weight excluding hydrogens is 454 g/mol. The highest BCUT2D eigenvalue weighted by molar-refractivity contribution is 7.90. The number of carbonyl (C=O) groups is 3. The van der Waals surface area contributed by atoms with E-state index in [1.165, 1.54) is 23.1 Å². The van der Waals surface area contributed by atoms with E-state index in [0.717, 1.165) is 36.8 Å². The minimum atomic E-state index is -4.13. The summed E-state index contributed by atoms with van der Waals surface area (Å²) >= 11 is 0. The minimum Gasteiger partial charge on any atom is -0.352 e. The van der Waals surface area contributed by atoms with E-state index < -0.39 is 34.4 Å². The van der Waals surface area contributed by atoms with Gasteiger partial charge in [0.05, 0.1) is 5.56 Å². The Morgan fingerprint density at radius 1 is 1.09 bits per heavy atom. The molecule has 180 valence electrons. The maximum atomic E-state index is 13.5. The van der Waals surface area contributed by atoms with Gasteiger partial charge in [-0.05, 0) is 49.9 Å². The Hall–Kier alpha value is -3.20. The third kappa shape index (κ3) is 4.57. The Morgan fingerprint density at radius 2 is 1.74 bits per heavy atom. The second kappa shape index (κ2) is 9.58. The van der Waals surface area contributed by atoms with Gasteiger partial charge in [-0.15, -0.1) is 0 Å². The first-order valence-electron chi connectivity index (χ1n) is 11.5. The molecule has 1 heterocycles. The highest BCUT2D eigenvalue weighted by Gasteiger charge is 2.43. The Balaban J connectivity index is 1.59. The van der Waals surface area contributed by atoms with Gasteiger partial charge in [-0.25, -0.2) is 12.7 Å². The molecule has 4 rings (SSSR count). The number of rotatable bonds is 7. The SMILES string of the molecule is Cc1ccccc1CN(C(=O)CN1C(=O)c2ccccc2S1(=O)=O)[C@H](C)C(=O)NC1CCCC1. The van der Waals surface area contributed by atoms with E-state index in [9.17, 15) is 22.8 Å². The first kappa shape index (κ1) is 23.9. The van der Waals surface area contributed by atoms with E-state index in [4.69, 9.17) is 0 Å².